The highest BCUT2D eigenvalue weighted by Gasteiger charge is 2.24. The number of hydrogen-bond donors (Lipinski definition) is 1. The molecule has 0 fully saturated rings. The van der Waals surface area contributed by atoms with Crippen molar-refractivity contribution in [2.45, 2.75) is 39.4 Å². The predicted molar refractivity (Wildman–Crippen MR) is 88.8 cm³/mol. The van der Waals surface area contributed by atoms with E-state index in [2.05, 4.69) is 14.9 Å². The van der Waals surface area contributed by atoms with Gasteiger partial charge < -0.3 is 4.57 Å². The van der Waals surface area contributed by atoms with E-state index in [-0.39, 0.29) is 6.04 Å². The predicted octanol–water partition coefficient (Wildman–Crippen LogP) is 1.89. The third-order valence-electron chi connectivity index (χ3n) is 3.53. The van der Waals surface area contributed by atoms with Gasteiger partial charge in [-0.1, -0.05) is 30.3 Å². The SMILES string of the molecule is CC(C)n1cnnc1[C@@H](C)NS(=O)(=O)N(C)Cc1ccccc1. The van der Waals surface area contributed by atoms with Crippen LogP contribution in [0.2, 0.25) is 0 Å². The van der Waals surface area contributed by atoms with Gasteiger partial charge in [0.25, 0.3) is 10.2 Å². The summed E-state index contributed by atoms with van der Waals surface area (Å²) < 4.78 is 30.7. The maximum absolute atomic E-state index is 12.5. The molecule has 23 heavy (non-hydrogen) atoms. The number of hydrogen-bond acceptors (Lipinski definition) is 4. The molecule has 8 heteroatoms. The zero-order chi connectivity index (χ0) is 17.0. The van der Waals surface area contributed by atoms with Crippen LogP contribution in [-0.2, 0) is 16.8 Å². The van der Waals surface area contributed by atoms with E-state index in [9.17, 15) is 8.42 Å². The maximum Gasteiger partial charge on any atom is 0.280 e. The average molecular weight is 337 g/mol. The molecule has 0 radical (unpaired) electrons. The van der Waals surface area contributed by atoms with Crippen molar-refractivity contribution in [3.05, 3.63) is 48.0 Å². The van der Waals surface area contributed by atoms with Crippen LogP contribution in [0.5, 0.6) is 0 Å². The lowest BCUT2D eigenvalue weighted by Crippen LogP contribution is -2.39. The van der Waals surface area contributed by atoms with Crippen molar-refractivity contribution in [2.75, 3.05) is 7.05 Å². The van der Waals surface area contributed by atoms with Gasteiger partial charge in [0.05, 0.1) is 6.04 Å². The molecule has 0 aliphatic carbocycles. The summed E-state index contributed by atoms with van der Waals surface area (Å²) in [5.74, 6) is 0.594. The smallest absolute Gasteiger partial charge is 0.280 e. The Morgan fingerprint density at radius 3 is 2.48 bits per heavy atom. The summed E-state index contributed by atoms with van der Waals surface area (Å²) in [6.07, 6.45) is 1.61. The molecule has 2 rings (SSSR count). The average Bonchev–Trinajstić information content (AvgIpc) is 2.97. The van der Waals surface area contributed by atoms with Gasteiger partial charge in [0, 0.05) is 19.6 Å². The Kier molecular flexibility index (Phi) is 5.51. The van der Waals surface area contributed by atoms with Crippen LogP contribution in [0, 0.1) is 0 Å². The highest BCUT2D eigenvalue weighted by Crippen LogP contribution is 2.16. The van der Waals surface area contributed by atoms with Crippen LogP contribution in [0.4, 0.5) is 0 Å². The van der Waals surface area contributed by atoms with Gasteiger partial charge in [-0.2, -0.15) is 17.4 Å². The molecular formula is C15H23N5O2S. The van der Waals surface area contributed by atoms with E-state index in [0.29, 0.717) is 12.4 Å². The molecule has 0 amide bonds. The Morgan fingerprint density at radius 1 is 1.22 bits per heavy atom. The van der Waals surface area contributed by atoms with Crippen molar-refractivity contribution >= 4 is 10.2 Å². The molecule has 1 N–H and O–H groups in total. The molecule has 1 aromatic heterocycles. The van der Waals surface area contributed by atoms with Gasteiger partial charge in [-0.05, 0) is 26.3 Å². The minimum absolute atomic E-state index is 0.161. The fourth-order valence-electron chi connectivity index (χ4n) is 2.25. The van der Waals surface area contributed by atoms with Crippen LogP contribution in [0.3, 0.4) is 0 Å². The van der Waals surface area contributed by atoms with Crippen LogP contribution < -0.4 is 4.72 Å². The third-order valence-corrected chi connectivity index (χ3v) is 5.13. The molecule has 126 valence electrons. The first-order valence-electron chi connectivity index (χ1n) is 7.48. The summed E-state index contributed by atoms with van der Waals surface area (Å²) in [6, 6.07) is 9.15. The summed E-state index contributed by atoms with van der Waals surface area (Å²) >= 11 is 0. The molecule has 1 heterocycles. The van der Waals surface area contributed by atoms with E-state index in [4.69, 9.17) is 0 Å². The van der Waals surface area contributed by atoms with E-state index in [1.165, 1.54) is 4.31 Å². The number of nitrogens with zero attached hydrogens (tertiary/aromatic N) is 4. The maximum atomic E-state index is 12.5. The zero-order valence-corrected chi connectivity index (χ0v) is 14.7. The van der Waals surface area contributed by atoms with Gasteiger partial charge in [-0.15, -0.1) is 10.2 Å². The van der Waals surface area contributed by atoms with E-state index >= 15 is 0 Å². The van der Waals surface area contributed by atoms with Gasteiger partial charge in [0.1, 0.15) is 6.33 Å². The minimum atomic E-state index is -3.62. The van der Waals surface area contributed by atoms with Gasteiger partial charge in [0.2, 0.25) is 0 Å². The minimum Gasteiger partial charge on any atom is -0.314 e. The van der Waals surface area contributed by atoms with Gasteiger partial charge in [-0.3, -0.25) is 0 Å². The molecule has 1 atom stereocenters. The Labute approximate surface area is 137 Å². The Bertz CT molecular complexity index is 727. The quantitative estimate of drug-likeness (QED) is 0.836. The monoisotopic (exact) mass is 337 g/mol. The zero-order valence-electron chi connectivity index (χ0n) is 13.8. The van der Waals surface area contributed by atoms with Crippen molar-refractivity contribution < 1.29 is 8.42 Å². The topological polar surface area (TPSA) is 80.1 Å². The number of benzene rings is 1. The van der Waals surface area contributed by atoms with E-state index in [1.54, 1.807) is 20.3 Å². The highest BCUT2D eigenvalue weighted by atomic mass is 32.2. The molecule has 0 aliphatic rings. The second-order valence-corrected chi connectivity index (χ2v) is 7.59. The summed E-state index contributed by atoms with van der Waals surface area (Å²) in [5, 5.41) is 7.90. The summed E-state index contributed by atoms with van der Waals surface area (Å²) in [5.41, 5.74) is 0.929. The second kappa shape index (κ2) is 7.20. The molecule has 0 spiro atoms. The summed E-state index contributed by atoms with van der Waals surface area (Å²) in [6.45, 7) is 6.06. The first-order valence-corrected chi connectivity index (χ1v) is 8.92. The molecular weight excluding hydrogens is 314 g/mol. The standard InChI is InChI=1S/C15H23N5O2S/c1-12(2)20-11-16-17-15(20)13(3)18-23(21,22)19(4)10-14-8-6-5-7-9-14/h5-9,11-13,18H,10H2,1-4H3/t13-/m1/s1. The van der Waals surface area contributed by atoms with Gasteiger partial charge >= 0.3 is 0 Å². The normalized spacial score (nSPS) is 13.7. The molecule has 2 aromatic rings. The largest absolute Gasteiger partial charge is 0.314 e. The lowest BCUT2D eigenvalue weighted by molar-refractivity contribution is 0.440. The van der Waals surface area contributed by atoms with Crippen molar-refractivity contribution in [3.63, 3.8) is 0 Å². The fourth-order valence-corrected chi connectivity index (χ4v) is 3.30. The molecule has 0 unspecified atom stereocenters. The van der Waals surface area contributed by atoms with Crippen LogP contribution in [0.25, 0.3) is 0 Å². The number of aromatic nitrogens is 3. The van der Waals surface area contributed by atoms with Crippen molar-refractivity contribution in [1.82, 2.24) is 23.8 Å². The van der Waals surface area contributed by atoms with Crippen LogP contribution >= 0.6 is 0 Å². The molecule has 0 saturated carbocycles. The second-order valence-electron chi connectivity index (χ2n) is 5.78. The number of rotatable bonds is 7. The molecule has 0 aliphatic heterocycles. The van der Waals surface area contributed by atoms with Crippen molar-refractivity contribution in [1.29, 1.82) is 0 Å². The fraction of sp³-hybridized carbons (Fsp3) is 0.467. The van der Waals surface area contributed by atoms with Crippen LogP contribution in [0.1, 0.15) is 44.2 Å². The lowest BCUT2D eigenvalue weighted by Gasteiger charge is -2.22. The summed E-state index contributed by atoms with van der Waals surface area (Å²) in [7, 11) is -2.07. The lowest BCUT2D eigenvalue weighted by atomic mass is 10.2. The van der Waals surface area contributed by atoms with Crippen LogP contribution in [-0.4, -0.2) is 34.5 Å². The van der Waals surface area contributed by atoms with Gasteiger partial charge in [-0.25, -0.2) is 0 Å². The van der Waals surface area contributed by atoms with E-state index < -0.39 is 16.3 Å². The molecule has 0 bridgehead atoms. The van der Waals surface area contributed by atoms with E-state index in [0.717, 1.165) is 5.56 Å². The van der Waals surface area contributed by atoms with E-state index in [1.807, 2.05) is 48.7 Å². The Balaban J connectivity index is 2.09. The molecule has 7 nitrogen and oxygen atoms in total. The van der Waals surface area contributed by atoms with Crippen molar-refractivity contribution in [2.24, 2.45) is 0 Å². The molecule has 0 saturated heterocycles. The summed E-state index contributed by atoms with van der Waals surface area (Å²) in [4.78, 5) is 0. The number of nitrogens with one attached hydrogen (secondary N) is 1. The Morgan fingerprint density at radius 2 is 1.87 bits per heavy atom. The first kappa shape index (κ1) is 17.6. The Hall–Kier alpha value is -1.77. The van der Waals surface area contributed by atoms with Crippen LogP contribution in [0.15, 0.2) is 36.7 Å². The molecule has 1 aromatic carbocycles. The van der Waals surface area contributed by atoms with Gasteiger partial charge in [0.15, 0.2) is 5.82 Å². The first-order chi connectivity index (χ1) is 10.8. The van der Waals surface area contributed by atoms with Crippen molar-refractivity contribution in [3.8, 4) is 0 Å². The third kappa shape index (κ3) is 4.37. The highest BCUT2D eigenvalue weighted by molar-refractivity contribution is 7.87.